The lowest BCUT2D eigenvalue weighted by Crippen LogP contribution is -2.36. The molecule has 0 amide bonds. The maximum absolute atomic E-state index is 11.4. The molecule has 0 aromatic rings. The average molecular weight is 185 g/mol. The summed E-state index contributed by atoms with van der Waals surface area (Å²) < 4.78 is 42.0. The molecular weight excluding hydrogens is 179 g/mol. The van der Waals surface area contributed by atoms with E-state index in [0.29, 0.717) is 6.54 Å². The molecule has 70 valence electrons. The van der Waals surface area contributed by atoms with Gasteiger partial charge in [0.05, 0.1) is 6.61 Å². The first kappa shape index (κ1) is 9.27. The third-order valence-corrected chi connectivity index (χ3v) is 1.15. The highest BCUT2D eigenvalue weighted by atomic mass is 19.4. The van der Waals surface area contributed by atoms with Crippen molar-refractivity contribution in [3.05, 3.63) is 0 Å². The zero-order chi connectivity index (χ0) is 9.19. The van der Waals surface area contributed by atoms with Gasteiger partial charge in [0, 0.05) is 6.54 Å². The van der Waals surface area contributed by atoms with E-state index in [1.807, 2.05) is 0 Å². The molecule has 1 fully saturated rings. The Morgan fingerprint density at radius 2 is 2.25 bits per heavy atom. The van der Waals surface area contributed by atoms with Crippen molar-refractivity contribution < 1.29 is 27.4 Å². The monoisotopic (exact) mass is 185 g/mol. The first-order chi connectivity index (χ1) is 5.49. The van der Waals surface area contributed by atoms with Crippen molar-refractivity contribution in [2.45, 2.75) is 12.6 Å². The van der Waals surface area contributed by atoms with Gasteiger partial charge in [-0.15, -0.1) is 13.2 Å². The molecule has 1 unspecified atom stereocenters. The first-order valence-corrected chi connectivity index (χ1v) is 3.13. The van der Waals surface area contributed by atoms with Crippen LogP contribution in [0.25, 0.3) is 0 Å². The van der Waals surface area contributed by atoms with Crippen LogP contribution in [-0.2, 0) is 14.3 Å². The van der Waals surface area contributed by atoms with E-state index in [0.717, 1.165) is 0 Å². The van der Waals surface area contributed by atoms with Gasteiger partial charge in [0.1, 0.15) is 0 Å². The molecule has 1 rings (SSSR count). The van der Waals surface area contributed by atoms with Gasteiger partial charge in [-0.2, -0.15) is 0 Å². The summed E-state index contributed by atoms with van der Waals surface area (Å²) in [5, 5.41) is 2.38. The zero-order valence-corrected chi connectivity index (χ0v) is 5.85. The van der Waals surface area contributed by atoms with Crippen molar-refractivity contribution in [2.75, 3.05) is 13.2 Å². The van der Waals surface area contributed by atoms with Crippen LogP contribution in [-0.4, -0.2) is 31.7 Å². The number of carbonyl (C=O) groups excluding carboxylic acids is 1. The molecule has 1 atom stereocenters. The van der Waals surface area contributed by atoms with E-state index >= 15 is 0 Å². The molecule has 0 bridgehead atoms. The van der Waals surface area contributed by atoms with Crippen molar-refractivity contribution in [1.29, 1.82) is 0 Å². The molecule has 1 heterocycles. The van der Waals surface area contributed by atoms with Crippen LogP contribution >= 0.6 is 0 Å². The molecule has 0 spiro atoms. The minimum Gasteiger partial charge on any atom is -0.370 e. The predicted molar refractivity (Wildman–Crippen MR) is 29.9 cm³/mol. The lowest BCUT2D eigenvalue weighted by atomic mass is 10.6. The first-order valence-electron chi connectivity index (χ1n) is 3.13. The number of alkyl halides is 3. The number of nitrogens with one attached hydrogen (secondary N) is 1. The van der Waals surface area contributed by atoms with Crippen molar-refractivity contribution >= 4 is 5.97 Å². The summed E-state index contributed by atoms with van der Waals surface area (Å²) in [5.41, 5.74) is 0. The van der Waals surface area contributed by atoms with Crippen LogP contribution in [0.3, 0.4) is 0 Å². The zero-order valence-electron chi connectivity index (χ0n) is 5.85. The van der Waals surface area contributed by atoms with E-state index in [1.165, 1.54) is 0 Å². The molecule has 4 nitrogen and oxygen atoms in total. The van der Waals surface area contributed by atoms with E-state index in [4.69, 9.17) is 0 Å². The Hall–Kier alpha value is -0.820. The Kier molecular flexibility index (Phi) is 2.53. The van der Waals surface area contributed by atoms with Crippen molar-refractivity contribution in [3.8, 4) is 0 Å². The van der Waals surface area contributed by atoms with Crippen LogP contribution < -0.4 is 5.32 Å². The molecule has 0 aromatic heterocycles. The normalized spacial score (nSPS) is 24.1. The number of ether oxygens (including phenoxy) is 2. The Bertz CT molecular complexity index is 175. The molecule has 0 saturated carbocycles. The highest BCUT2D eigenvalue weighted by Gasteiger charge is 2.38. The smallest absolute Gasteiger partial charge is 0.370 e. The topological polar surface area (TPSA) is 47.6 Å². The predicted octanol–water partition coefficient (Wildman–Crippen LogP) is -0.00470. The van der Waals surface area contributed by atoms with Crippen molar-refractivity contribution in [2.24, 2.45) is 0 Å². The molecule has 7 heteroatoms. The van der Waals surface area contributed by atoms with Crippen LogP contribution in [0.5, 0.6) is 0 Å². The second-order valence-corrected chi connectivity index (χ2v) is 2.07. The van der Waals surface area contributed by atoms with Gasteiger partial charge in [-0.3, -0.25) is 5.32 Å². The summed E-state index contributed by atoms with van der Waals surface area (Å²) in [6.07, 6.45) is -6.23. The van der Waals surface area contributed by atoms with Crippen LogP contribution in [0.4, 0.5) is 13.2 Å². The molecular formula is C5H6F3NO3. The van der Waals surface area contributed by atoms with Gasteiger partial charge in [-0.25, -0.2) is 4.79 Å². The Morgan fingerprint density at radius 1 is 1.58 bits per heavy atom. The molecule has 0 radical (unpaired) electrons. The van der Waals surface area contributed by atoms with Crippen LogP contribution in [0.2, 0.25) is 0 Å². The summed E-state index contributed by atoms with van der Waals surface area (Å²) in [6, 6.07) is 0. The quantitative estimate of drug-likeness (QED) is 0.584. The van der Waals surface area contributed by atoms with E-state index in [9.17, 15) is 18.0 Å². The maximum atomic E-state index is 11.4. The molecule has 1 saturated heterocycles. The lowest BCUT2D eigenvalue weighted by molar-refractivity contribution is -0.309. The van der Waals surface area contributed by atoms with E-state index < -0.39 is 18.6 Å². The number of hydrogen-bond donors (Lipinski definition) is 1. The minimum absolute atomic E-state index is 0.206. The second-order valence-electron chi connectivity index (χ2n) is 2.07. The van der Waals surface area contributed by atoms with Gasteiger partial charge in [0.15, 0.2) is 0 Å². The average Bonchev–Trinajstić information content (AvgIpc) is 2.32. The van der Waals surface area contributed by atoms with Crippen LogP contribution in [0, 0.1) is 0 Å². The fourth-order valence-electron chi connectivity index (χ4n) is 0.745. The Labute approximate surface area is 65.6 Å². The number of esters is 1. The Balaban J connectivity index is 2.37. The van der Waals surface area contributed by atoms with E-state index in [2.05, 4.69) is 14.8 Å². The van der Waals surface area contributed by atoms with Crippen molar-refractivity contribution in [3.63, 3.8) is 0 Å². The fraction of sp³-hybridized carbons (Fsp3) is 0.800. The van der Waals surface area contributed by atoms with Gasteiger partial charge in [0.25, 0.3) is 0 Å². The third kappa shape index (κ3) is 2.67. The van der Waals surface area contributed by atoms with Gasteiger partial charge in [-0.05, 0) is 0 Å². The lowest BCUT2D eigenvalue weighted by Gasteiger charge is -2.10. The molecule has 0 aromatic carbocycles. The Morgan fingerprint density at radius 3 is 2.67 bits per heavy atom. The number of carbonyl (C=O) groups is 1. The standard InChI is InChI=1S/C5H6F3NO3/c6-5(7,8)12-4(10)3-9-1-2-11-3/h3,9H,1-2H2. The number of halogens is 3. The summed E-state index contributed by atoms with van der Waals surface area (Å²) in [6.45, 7) is 0.551. The van der Waals surface area contributed by atoms with E-state index in [-0.39, 0.29) is 6.61 Å². The van der Waals surface area contributed by atoms with E-state index in [1.54, 1.807) is 0 Å². The van der Waals surface area contributed by atoms with Crippen molar-refractivity contribution in [1.82, 2.24) is 5.32 Å². The minimum atomic E-state index is -4.94. The maximum Gasteiger partial charge on any atom is 0.575 e. The van der Waals surface area contributed by atoms with Gasteiger partial charge >= 0.3 is 12.3 Å². The second kappa shape index (κ2) is 3.28. The van der Waals surface area contributed by atoms with Gasteiger partial charge < -0.3 is 9.47 Å². The molecule has 12 heavy (non-hydrogen) atoms. The largest absolute Gasteiger partial charge is 0.575 e. The molecule has 0 aliphatic carbocycles. The number of rotatable bonds is 1. The van der Waals surface area contributed by atoms with Crippen LogP contribution in [0.1, 0.15) is 0 Å². The summed E-state index contributed by atoms with van der Waals surface area (Å²) in [4.78, 5) is 10.5. The molecule has 1 N–H and O–H groups in total. The van der Waals surface area contributed by atoms with Crippen LogP contribution in [0.15, 0.2) is 0 Å². The van der Waals surface area contributed by atoms with Gasteiger partial charge in [-0.1, -0.05) is 0 Å². The highest BCUT2D eigenvalue weighted by molar-refractivity contribution is 5.74. The summed E-state index contributed by atoms with van der Waals surface area (Å²) in [7, 11) is 0. The number of hydrogen-bond acceptors (Lipinski definition) is 4. The molecule has 1 aliphatic heterocycles. The third-order valence-electron chi connectivity index (χ3n) is 1.15. The fourth-order valence-corrected chi connectivity index (χ4v) is 0.745. The van der Waals surface area contributed by atoms with Gasteiger partial charge in [0.2, 0.25) is 6.23 Å². The summed E-state index contributed by atoms with van der Waals surface area (Å²) in [5.74, 6) is -1.46. The molecule has 1 aliphatic rings. The SMILES string of the molecule is O=C(OC(F)(F)F)C1NCCO1. The highest BCUT2D eigenvalue weighted by Crippen LogP contribution is 2.17. The summed E-state index contributed by atoms with van der Waals surface area (Å²) >= 11 is 0.